The molecule has 1 fully saturated rings. The number of esters is 1. The molecule has 1 aromatic carbocycles. The Balaban J connectivity index is 1.35. The Bertz CT molecular complexity index is 1340. The number of amides is 1. The number of benzene rings is 1. The van der Waals surface area contributed by atoms with E-state index in [4.69, 9.17) is 10.5 Å². The third kappa shape index (κ3) is 9.42. The molecule has 1 aromatic heterocycles. The SMILES string of the molecule is CCCCCCCCCC(=O)OC[C@H](CCCN=C(N)N[N+](=O)[O-])NC(=O)[C@@H]1C[C@@H]2c3cccc4c3c(cn4C)C[C@H]2N(C)C1. The lowest BCUT2D eigenvalue weighted by Crippen LogP contribution is -2.53. The zero-order valence-corrected chi connectivity index (χ0v) is 27.1. The van der Waals surface area contributed by atoms with Gasteiger partial charge in [0.1, 0.15) is 6.61 Å². The number of aryl methyl sites for hydroxylation is 1. The van der Waals surface area contributed by atoms with E-state index in [1.807, 2.05) is 5.43 Å². The van der Waals surface area contributed by atoms with Gasteiger partial charge in [-0.15, -0.1) is 0 Å². The largest absolute Gasteiger partial charge is 0.463 e. The lowest BCUT2D eigenvalue weighted by Gasteiger charge is -2.45. The smallest absolute Gasteiger partial charge is 0.305 e. The van der Waals surface area contributed by atoms with Crippen molar-refractivity contribution in [2.75, 3.05) is 26.7 Å². The Hall–Kier alpha value is -3.67. The first-order valence-corrected chi connectivity index (χ1v) is 16.6. The second-order valence-corrected chi connectivity index (χ2v) is 12.8. The number of nitrogens with zero attached hydrogens (tertiary/aromatic N) is 4. The highest BCUT2D eigenvalue weighted by molar-refractivity contribution is 5.89. The molecule has 0 spiro atoms. The number of likely N-dealkylation sites (tertiary alicyclic amines) is 1. The van der Waals surface area contributed by atoms with Crippen LogP contribution in [0.15, 0.2) is 29.4 Å². The molecule has 12 nitrogen and oxygen atoms in total. The summed E-state index contributed by atoms with van der Waals surface area (Å²) in [6, 6.07) is 6.43. The summed E-state index contributed by atoms with van der Waals surface area (Å²) in [4.78, 5) is 43.2. The van der Waals surface area contributed by atoms with Crippen LogP contribution in [0.2, 0.25) is 0 Å². The van der Waals surface area contributed by atoms with Crippen molar-refractivity contribution in [3.8, 4) is 0 Å². The maximum atomic E-state index is 13.7. The molecule has 45 heavy (non-hydrogen) atoms. The van der Waals surface area contributed by atoms with Crippen LogP contribution in [0.1, 0.15) is 94.6 Å². The maximum Gasteiger partial charge on any atom is 0.305 e. The van der Waals surface area contributed by atoms with Crippen molar-refractivity contribution in [1.29, 1.82) is 0 Å². The number of guanidine groups is 1. The molecule has 4 atom stereocenters. The number of piperidine rings is 1. The van der Waals surface area contributed by atoms with E-state index >= 15 is 0 Å². The Morgan fingerprint density at radius 2 is 1.91 bits per heavy atom. The highest BCUT2D eigenvalue weighted by Gasteiger charge is 2.41. The number of fused-ring (bicyclic) bond motifs is 2. The predicted molar refractivity (Wildman–Crippen MR) is 175 cm³/mol. The van der Waals surface area contributed by atoms with Crippen LogP contribution in [0.5, 0.6) is 0 Å². The first kappa shape index (κ1) is 34.2. The lowest BCUT2D eigenvalue weighted by molar-refractivity contribution is -0.525. The molecular weight excluding hydrogens is 574 g/mol. The minimum Gasteiger partial charge on any atom is -0.463 e. The van der Waals surface area contributed by atoms with E-state index in [1.54, 1.807) is 0 Å². The van der Waals surface area contributed by atoms with Gasteiger partial charge >= 0.3 is 5.97 Å². The van der Waals surface area contributed by atoms with Crippen molar-refractivity contribution >= 4 is 28.7 Å². The first-order valence-electron chi connectivity index (χ1n) is 16.6. The number of unbranched alkanes of at least 4 members (excludes halogenated alkanes) is 6. The van der Waals surface area contributed by atoms with E-state index in [-0.39, 0.29) is 42.8 Å². The monoisotopic (exact) mass is 625 g/mol. The molecule has 2 heterocycles. The molecule has 0 unspecified atom stereocenters. The Labute approximate surface area is 266 Å². The fourth-order valence-electron chi connectivity index (χ4n) is 7.08. The van der Waals surface area contributed by atoms with Crippen LogP contribution in [0, 0.1) is 16.0 Å². The van der Waals surface area contributed by atoms with Gasteiger partial charge in [0.15, 0.2) is 5.03 Å². The predicted octanol–water partition coefficient (Wildman–Crippen LogP) is 4.18. The van der Waals surface area contributed by atoms with Gasteiger partial charge in [-0.25, -0.2) is 15.1 Å². The highest BCUT2D eigenvalue weighted by atomic mass is 16.7. The topological polar surface area (TPSA) is 157 Å². The van der Waals surface area contributed by atoms with Gasteiger partial charge in [-0.2, -0.15) is 0 Å². The molecule has 0 radical (unpaired) electrons. The number of nitro groups is 1. The van der Waals surface area contributed by atoms with Crippen LogP contribution in [-0.4, -0.2) is 71.2 Å². The molecule has 2 aromatic rings. The highest BCUT2D eigenvalue weighted by Crippen LogP contribution is 2.44. The van der Waals surface area contributed by atoms with Crippen molar-refractivity contribution in [1.82, 2.24) is 20.2 Å². The number of rotatable bonds is 17. The maximum absolute atomic E-state index is 13.7. The number of nitrogens with two attached hydrogens (primary N) is 1. The second kappa shape index (κ2) is 16.6. The summed E-state index contributed by atoms with van der Waals surface area (Å²) < 4.78 is 7.82. The van der Waals surface area contributed by atoms with Crippen LogP contribution in [0.3, 0.4) is 0 Å². The molecule has 1 aliphatic carbocycles. The van der Waals surface area contributed by atoms with Crippen molar-refractivity contribution in [2.45, 2.75) is 102 Å². The van der Waals surface area contributed by atoms with Gasteiger partial charge in [0.2, 0.25) is 5.91 Å². The molecule has 1 saturated heterocycles. The fourth-order valence-corrected chi connectivity index (χ4v) is 7.08. The van der Waals surface area contributed by atoms with Gasteiger partial charge in [0, 0.05) is 55.6 Å². The molecule has 1 amide bonds. The minimum atomic E-state index is -0.760. The number of hydrogen-bond acceptors (Lipinski definition) is 7. The van der Waals surface area contributed by atoms with Gasteiger partial charge < -0.3 is 25.3 Å². The van der Waals surface area contributed by atoms with Crippen LogP contribution in [0.4, 0.5) is 0 Å². The fraction of sp³-hybridized carbons (Fsp3) is 0.667. The molecule has 1 aliphatic heterocycles. The van der Waals surface area contributed by atoms with Gasteiger partial charge in [-0.1, -0.05) is 63.0 Å². The van der Waals surface area contributed by atoms with Crippen molar-refractivity contribution in [2.24, 2.45) is 23.7 Å². The number of ether oxygens (including phenoxy) is 1. The zero-order chi connectivity index (χ0) is 32.3. The van der Waals surface area contributed by atoms with Crippen molar-refractivity contribution < 1.29 is 19.4 Å². The van der Waals surface area contributed by atoms with Gasteiger partial charge in [-0.05, 0) is 56.3 Å². The minimum absolute atomic E-state index is 0.0440. The molecule has 0 bridgehead atoms. The second-order valence-electron chi connectivity index (χ2n) is 12.8. The van der Waals surface area contributed by atoms with Crippen LogP contribution in [-0.2, 0) is 27.8 Å². The lowest BCUT2D eigenvalue weighted by atomic mass is 9.72. The molecule has 248 valence electrons. The molecule has 0 saturated carbocycles. The number of nitrogens with one attached hydrogen (secondary N) is 2. The standard InChI is InChI=1S/C33H51N7O5/c1-4-5-6-7-8-9-10-16-30(41)45-22-25(13-12-17-35-33(34)37-40(43)44)36-32(42)24-18-27-26-14-11-15-28-31(26)23(20-38(28)2)19-29(27)39(3)21-24/h11,14-15,20,24-25,27,29H,4-10,12-13,16-19,21-22H2,1-3H3,(H,36,42)(H3,34,35,37)/t24-,25+,27-,29-/m1/s1. The number of aromatic nitrogens is 1. The summed E-state index contributed by atoms with van der Waals surface area (Å²) in [5.41, 5.74) is 11.3. The summed E-state index contributed by atoms with van der Waals surface area (Å²) in [5.74, 6) is -0.527. The van der Waals surface area contributed by atoms with E-state index in [2.05, 4.69) is 65.2 Å². The number of carbonyl (C=O) groups excluding carboxylic acids is 2. The van der Waals surface area contributed by atoms with Gasteiger partial charge in [0.05, 0.1) is 12.0 Å². The van der Waals surface area contributed by atoms with E-state index in [0.29, 0.717) is 31.8 Å². The number of likely N-dealkylation sites (N-methyl/N-ethyl adjacent to an activating group) is 1. The average molecular weight is 626 g/mol. The molecule has 4 rings (SSSR count). The van der Waals surface area contributed by atoms with Gasteiger partial charge in [0.25, 0.3) is 5.96 Å². The molecule has 2 aliphatic rings. The molecule has 4 N–H and O–H groups in total. The average Bonchev–Trinajstić information content (AvgIpc) is 3.33. The normalized spacial score (nSPS) is 20.4. The van der Waals surface area contributed by atoms with E-state index in [0.717, 1.165) is 32.1 Å². The summed E-state index contributed by atoms with van der Waals surface area (Å²) in [6.07, 6.45) is 13.2. The van der Waals surface area contributed by atoms with E-state index in [1.165, 1.54) is 47.7 Å². The molecule has 12 heteroatoms. The first-order chi connectivity index (χ1) is 21.7. The summed E-state index contributed by atoms with van der Waals surface area (Å²) in [6.45, 7) is 3.17. The summed E-state index contributed by atoms with van der Waals surface area (Å²) in [5, 5.41) is 14.3. The zero-order valence-electron chi connectivity index (χ0n) is 27.1. The van der Waals surface area contributed by atoms with E-state index < -0.39 is 11.1 Å². The van der Waals surface area contributed by atoms with Crippen molar-refractivity contribution in [3.63, 3.8) is 0 Å². The van der Waals surface area contributed by atoms with Crippen molar-refractivity contribution in [3.05, 3.63) is 45.6 Å². The Morgan fingerprint density at radius 3 is 2.67 bits per heavy atom. The third-order valence-corrected chi connectivity index (χ3v) is 9.38. The summed E-state index contributed by atoms with van der Waals surface area (Å²) >= 11 is 0. The van der Waals surface area contributed by atoms with Crippen LogP contribution < -0.4 is 16.5 Å². The Kier molecular flexibility index (Phi) is 12.6. The van der Waals surface area contributed by atoms with Crippen LogP contribution in [0.25, 0.3) is 10.9 Å². The Morgan fingerprint density at radius 1 is 1.16 bits per heavy atom. The number of hydrazine groups is 1. The van der Waals surface area contributed by atoms with Gasteiger partial charge in [-0.3, -0.25) is 9.59 Å². The van der Waals surface area contributed by atoms with Crippen LogP contribution >= 0.6 is 0 Å². The number of hydrogen-bond donors (Lipinski definition) is 3. The quantitative estimate of drug-likeness (QED) is 0.0590. The summed E-state index contributed by atoms with van der Waals surface area (Å²) in [7, 11) is 4.19. The number of aliphatic imine (C=N–C) groups is 1. The molecular formula is C33H51N7O5. The van der Waals surface area contributed by atoms with E-state index in [9.17, 15) is 19.7 Å². The number of carbonyl (C=O) groups is 2. The third-order valence-electron chi connectivity index (χ3n) is 9.38.